The molecule has 0 aliphatic carbocycles. The lowest BCUT2D eigenvalue weighted by Gasteiger charge is -2.05. The number of nitrogens with zero attached hydrogens (tertiary/aromatic N) is 3. The van der Waals surface area contributed by atoms with Gasteiger partial charge in [-0.05, 0) is 29.8 Å². The number of nitrogen functional groups attached to an aromatic ring is 1. The number of hydrogen-bond acceptors (Lipinski definition) is 3. The zero-order chi connectivity index (χ0) is 13.9. The highest BCUT2D eigenvalue weighted by Crippen LogP contribution is 2.14. The molecule has 0 radical (unpaired) electrons. The van der Waals surface area contributed by atoms with Crippen molar-refractivity contribution in [2.24, 2.45) is 0 Å². The monoisotopic (exact) mass is 268 g/mol. The third-order valence-corrected chi connectivity index (χ3v) is 2.97. The molecule has 0 saturated carbocycles. The number of aromatic nitrogens is 3. The van der Waals surface area contributed by atoms with Gasteiger partial charge in [-0.15, -0.1) is 5.10 Å². The number of hydrogen-bond donors (Lipinski definition) is 1. The third kappa shape index (κ3) is 2.51. The Balaban J connectivity index is 1.96. The van der Waals surface area contributed by atoms with Gasteiger partial charge in [0.15, 0.2) is 0 Å². The van der Waals surface area contributed by atoms with Gasteiger partial charge in [0.05, 0.1) is 5.69 Å². The highest BCUT2D eigenvalue weighted by molar-refractivity contribution is 5.34. The molecule has 0 spiro atoms. The van der Waals surface area contributed by atoms with Crippen LogP contribution in [-0.4, -0.2) is 14.8 Å². The minimum absolute atomic E-state index is 0.228. The summed E-state index contributed by atoms with van der Waals surface area (Å²) in [5, 5.41) is 4.20. The van der Waals surface area contributed by atoms with Crippen LogP contribution in [0, 0.1) is 5.82 Å². The summed E-state index contributed by atoms with van der Waals surface area (Å²) in [5.41, 5.74) is 7.54. The van der Waals surface area contributed by atoms with Crippen LogP contribution in [0.15, 0.2) is 54.6 Å². The SMILES string of the molecule is Nc1nc(Cc2ccc(F)cc2)n(-c2ccccc2)n1. The maximum atomic E-state index is 12.9. The van der Waals surface area contributed by atoms with Gasteiger partial charge in [0, 0.05) is 6.42 Å². The van der Waals surface area contributed by atoms with E-state index in [0.717, 1.165) is 17.1 Å². The van der Waals surface area contributed by atoms with Crippen LogP contribution in [0.3, 0.4) is 0 Å². The first-order valence-electron chi connectivity index (χ1n) is 6.23. The number of benzene rings is 2. The lowest BCUT2D eigenvalue weighted by atomic mass is 10.1. The Bertz CT molecular complexity index is 704. The van der Waals surface area contributed by atoms with Crippen LogP contribution < -0.4 is 5.73 Å². The molecule has 3 rings (SSSR count). The van der Waals surface area contributed by atoms with Gasteiger partial charge < -0.3 is 5.73 Å². The number of rotatable bonds is 3. The van der Waals surface area contributed by atoms with Gasteiger partial charge >= 0.3 is 0 Å². The lowest BCUT2D eigenvalue weighted by molar-refractivity contribution is 0.627. The minimum atomic E-state index is -0.252. The highest BCUT2D eigenvalue weighted by Gasteiger charge is 2.10. The minimum Gasteiger partial charge on any atom is -0.366 e. The van der Waals surface area contributed by atoms with Crippen LogP contribution in [0.5, 0.6) is 0 Å². The Hall–Kier alpha value is -2.69. The van der Waals surface area contributed by atoms with Crippen molar-refractivity contribution < 1.29 is 4.39 Å². The van der Waals surface area contributed by atoms with Gasteiger partial charge in [0.1, 0.15) is 11.6 Å². The Morgan fingerprint density at radius 2 is 1.70 bits per heavy atom. The average Bonchev–Trinajstić information content (AvgIpc) is 2.83. The van der Waals surface area contributed by atoms with E-state index in [-0.39, 0.29) is 11.8 Å². The van der Waals surface area contributed by atoms with E-state index in [2.05, 4.69) is 10.1 Å². The summed E-state index contributed by atoms with van der Waals surface area (Å²) in [4.78, 5) is 4.24. The van der Waals surface area contributed by atoms with Crippen molar-refractivity contribution in [2.75, 3.05) is 5.73 Å². The van der Waals surface area contributed by atoms with Crippen LogP contribution >= 0.6 is 0 Å². The van der Waals surface area contributed by atoms with Crippen molar-refractivity contribution in [1.82, 2.24) is 14.8 Å². The molecule has 1 aromatic heterocycles. The molecule has 2 aromatic carbocycles. The summed E-state index contributed by atoms with van der Waals surface area (Å²) in [7, 11) is 0. The van der Waals surface area contributed by atoms with Crippen LogP contribution in [0.2, 0.25) is 0 Å². The second kappa shape index (κ2) is 5.13. The van der Waals surface area contributed by atoms with E-state index in [9.17, 15) is 4.39 Å². The van der Waals surface area contributed by atoms with E-state index >= 15 is 0 Å². The Kier molecular flexibility index (Phi) is 3.16. The molecule has 5 heteroatoms. The van der Waals surface area contributed by atoms with Gasteiger partial charge in [-0.2, -0.15) is 4.98 Å². The first kappa shape index (κ1) is 12.3. The molecule has 0 fully saturated rings. The smallest absolute Gasteiger partial charge is 0.240 e. The molecule has 2 N–H and O–H groups in total. The number of para-hydroxylation sites is 1. The summed E-state index contributed by atoms with van der Waals surface area (Å²) in [5.74, 6) is 0.698. The standard InChI is InChI=1S/C15H13FN4/c16-12-8-6-11(7-9-12)10-14-18-15(17)19-20(14)13-4-2-1-3-5-13/h1-9H,10H2,(H2,17,19). The summed E-state index contributed by atoms with van der Waals surface area (Å²) in [6.45, 7) is 0. The van der Waals surface area contributed by atoms with E-state index < -0.39 is 0 Å². The summed E-state index contributed by atoms with van der Waals surface area (Å²) >= 11 is 0. The molecular weight excluding hydrogens is 255 g/mol. The molecule has 0 aliphatic heterocycles. The van der Waals surface area contributed by atoms with Gasteiger partial charge in [-0.1, -0.05) is 30.3 Å². The molecule has 1 heterocycles. The Morgan fingerprint density at radius 1 is 1.00 bits per heavy atom. The highest BCUT2D eigenvalue weighted by atomic mass is 19.1. The van der Waals surface area contributed by atoms with Crippen LogP contribution in [-0.2, 0) is 6.42 Å². The molecule has 0 aliphatic rings. The number of nitrogens with two attached hydrogens (primary N) is 1. The van der Waals surface area contributed by atoms with Crippen molar-refractivity contribution in [3.63, 3.8) is 0 Å². The lowest BCUT2D eigenvalue weighted by Crippen LogP contribution is -2.03. The molecule has 100 valence electrons. The number of halogens is 1. The van der Waals surface area contributed by atoms with Crippen molar-refractivity contribution >= 4 is 5.95 Å². The molecular formula is C15H13FN4. The zero-order valence-corrected chi connectivity index (χ0v) is 10.7. The predicted octanol–water partition coefficient (Wildman–Crippen LogP) is 2.58. The molecule has 0 atom stereocenters. The van der Waals surface area contributed by atoms with Crippen LogP contribution in [0.4, 0.5) is 10.3 Å². The predicted molar refractivity (Wildman–Crippen MR) is 75.0 cm³/mol. The molecule has 0 unspecified atom stereocenters. The maximum absolute atomic E-state index is 12.9. The van der Waals surface area contributed by atoms with E-state index in [1.807, 2.05) is 30.3 Å². The topological polar surface area (TPSA) is 56.7 Å². The quantitative estimate of drug-likeness (QED) is 0.794. The molecule has 0 saturated heterocycles. The van der Waals surface area contributed by atoms with E-state index in [1.165, 1.54) is 12.1 Å². The molecule has 3 aromatic rings. The molecule has 0 amide bonds. The van der Waals surface area contributed by atoms with Crippen LogP contribution in [0.1, 0.15) is 11.4 Å². The number of anilines is 1. The van der Waals surface area contributed by atoms with Gasteiger partial charge in [0.2, 0.25) is 5.95 Å². The largest absolute Gasteiger partial charge is 0.366 e. The van der Waals surface area contributed by atoms with Crippen molar-refractivity contribution in [2.45, 2.75) is 6.42 Å². The van der Waals surface area contributed by atoms with Crippen LogP contribution in [0.25, 0.3) is 5.69 Å². The molecule has 4 nitrogen and oxygen atoms in total. The maximum Gasteiger partial charge on any atom is 0.240 e. The summed E-state index contributed by atoms with van der Waals surface area (Å²) in [6.07, 6.45) is 0.541. The second-order valence-electron chi connectivity index (χ2n) is 4.44. The fourth-order valence-corrected chi connectivity index (χ4v) is 2.04. The molecule has 20 heavy (non-hydrogen) atoms. The summed E-state index contributed by atoms with van der Waals surface area (Å²) < 4.78 is 14.6. The van der Waals surface area contributed by atoms with Gasteiger partial charge in [0.25, 0.3) is 0 Å². The summed E-state index contributed by atoms with van der Waals surface area (Å²) in [6, 6.07) is 16.0. The van der Waals surface area contributed by atoms with E-state index in [1.54, 1.807) is 16.8 Å². The molecule has 0 bridgehead atoms. The fourth-order valence-electron chi connectivity index (χ4n) is 2.04. The van der Waals surface area contributed by atoms with Gasteiger partial charge in [-0.3, -0.25) is 0 Å². The van der Waals surface area contributed by atoms with Crippen molar-refractivity contribution in [3.8, 4) is 5.69 Å². The zero-order valence-electron chi connectivity index (χ0n) is 10.7. The Morgan fingerprint density at radius 3 is 2.40 bits per heavy atom. The van der Waals surface area contributed by atoms with Crippen molar-refractivity contribution in [1.29, 1.82) is 0 Å². The van der Waals surface area contributed by atoms with Crippen molar-refractivity contribution in [3.05, 3.63) is 71.8 Å². The Labute approximate surface area is 115 Å². The first-order valence-corrected chi connectivity index (χ1v) is 6.23. The average molecular weight is 268 g/mol. The first-order chi connectivity index (χ1) is 9.72. The normalized spacial score (nSPS) is 10.7. The fraction of sp³-hybridized carbons (Fsp3) is 0.0667. The van der Waals surface area contributed by atoms with Gasteiger partial charge in [-0.25, -0.2) is 9.07 Å². The van der Waals surface area contributed by atoms with E-state index in [4.69, 9.17) is 5.73 Å². The third-order valence-electron chi connectivity index (χ3n) is 2.97. The second-order valence-corrected chi connectivity index (χ2v) is 4.44. The van der Waals surface area contributed by atoms with E-state index in [0.29, 0.717) is 6.42 Å².